The van der Waals surface area contributed by atoms with Gasteiger partial charge in [0, 0.05) is 58.3 Å². The van der Waals surface area contributed by atoms with Crippen molar-refractivity contribution in [1.82, 2.24) is 25.3 Å². The molecule has 4 aromatic rings. The Hall–Kier alpha value is -4.50. The molecular formula is C44H57Cl3N9O11P. The number of aromatic nitrogens is 4. The lowest BCUT2D eigenvalue weighted by molar-refractivity contribution is 0.0547. The molecule has 0 spiro atoms. The first-order chi connectivity index (χ1) is 32.8. The monoisotopic (exact) mass is 1020 g/mol. The molecule has 2 aliphatic heterocycles. The number of hydrogen-bond donors (Lipinski definition) is 4. The molecule has 2 aromatic carbocycles. The number of benzene rings is 2. The summed E-state index contributed by atoms with van der Waals surface area (Å²) in [5.41, 5.74) is 5.33. The van der Waals surface area contributed by atoms with Crippen LogP contribution >= 0.6 is 42.6 Å². The highest BCUT2D eigenvalue weighted by Gasteiger charge is 2.31. The number of nitrogens with one attached hydrogen (secondary N) is 1. The molecule has 2 fully saturated rings. The van der Waals surface area contributed by atoms with Crippen LogP contribution < -0.4 is 24.9 Å². The van der Waals surface area contributed by atoms with Gasteiger partial charge in [-0.15, -0.1) is 0 Å². The summed E-state index contributed by atoms with van der Waals surface area (Å²) in [6, 6.07) is 16.2. The van der Waals surface area contributed by atoms with Crippen LogP contribution in [0.5, 0.6) is 0 Å². The van der Waals surface area contributed by atoms with Gasteiger partial charge in [0.2, 0.25) is 15.7 Å². The minimum atomic E-state index is -4.76. The highest BCUT2D eigenvalue weighted by atomic mass is 35.6. The zero-order valence-electron chi connectivity index (χ0n) is 37.5. The van der Waals surface area contributed by atoms with E-state index in [4.69, 9.17) is 78.2 Å². The second kappa shape index (κ2) is 24.4. The summed E-state index contributed by atoms with van der Waals surface area (Å²) in [6.07, 6.45) is 4.19. The van der Waals surface area contributed by atoms with Crippen molar-refractivity contribution in [2.75, 3.05) is 125 Å². The number of alkyl carbamates (subject to hydrolysis) is 1. The van der Waals surface area contributed by atoms with Gasteiger partial charge < -0.3 is 58.8 Å². The minimum absolute atomic E-state index is 0.0161. The SMILES string of the molecule is O=C(NCCOCCN(CCOC(=O)OCC1c2ccccc2-c2ccccc21)c1nc(N2CCCCC2)c2nc(N(CCO)CCOP(=O)(O)O)nc(N3CCCCC3)c2n1)OCC(Cl)(Cl)Cl. The van der Waals surface area contributed by atoms with Gasteiger partial charge in [0.25, 0.3) is 0 Å². The summed E-state index contributed by atoms with van der Waals surface area (Å²) in [5.74, 6) is 1.49. The van der Waals surface area contributed by atoms with Crippen molar-refractivity contribution in [3.63, 3.8) is 0 Å². The summed E-state index contributed by atoms with van der Waals surface area (Å²) in [4.78, 5) is 72.2. The van der Waals surface area contributed by atoms with Crippen molar-refractivity contribution in [2.24, 2.45) is 0 Å². The topological polar surface area (TPSA) is 235 Å². The van der Waals surface area contributed by atoms with E-state index in [9.17, 15) is 29.0 Å². The number of rotatable bonds is 22. The highest BCUT2D eigenvalue weighted by Crippen LogP contribution is 2.44. The van der Waals surface area contributed by atoms with E-state index in [1.54, 1.807) is 4.90 Å². The standard InChI is InChI=1S/C44H57Cl3N9O11P/c45-44(46,47)30-66-42(58)48-15-25-63-26-21-56(22-27-64-43(59)65-29-35-33-13-5-3-11-31(33)32-12-4-6-14-34(32)35)41-50-37-36(39(52-41)54-18-9-2-10-19-54)49-40(51-38(37)53-16-7-1-8-17-53)55(20-24-57)23-28-67-68(60,61)62/h3-6,11-14,35,57H,1-2,7-10,15-30H2,(H,48,58)(H2,60,61,62). The average molecular weight is 1030 g/mol. The van der Waals surface area contributed by atoms with Crippen LogP contribution in [0.15, 0.2) is 48.5 Å². The molecule has 1 aliphatic carbocycles. The fourth-order valence-electron chi connectivity index (χ4n) is 8.48. The van der Waals surface area contributed by atoms with E-state index in [1.165, 1.54) is 0 Å². The summed E-state index contributed by atoms with van der Waals surface area (Å²) >= 11 is 17.1. The third kappa shape index (κ3) is 14.3. The van der Waals surface area contributed by atoms with E-state index in [2.05, 4.69) is 27.2 Å². The van der Waals surface area contributed by atoms with Gasteiger partial charge >= 0.3 is 20.1 Å². The normalized spacial score (nSPS) is 15.2. The maximum atomic E-state index is 13.3. The minimum Gasteiger partial charge on any atom is -0.445 e. The number of hydrogen-bond acceptors (Lipinski definition) is 17. The zero-order valence-corrected chi connectivity index (χ0v) is 40.7. The number of amides is 1. The lowest BCUT2D eigenvalue weighted by Gasteiger charge is -2.33. The van der Waals surface area contributed by atoms with Crippen LogP contribution in [0.4, 0.5) is 33.1 Å². The van der Waals surface area contributed by atoms with Crippen LogP contribution in [0, 0.1) is 0 Å². The molecule has 1 amide bonds. The number of anilines is 4. The molecule has 370 valence electrons. The summed E-state index contributed by atoms with van der Waals surface area (Å²) in [7, 11) is -4.76. The molecule has 20 nitrogen and oxygen atoms in total. The first-order valence-corrected chi connectivity index (χ1v) is 25.4. The van der Waals surface area contributed by atoms with Gasteiger partial charge in [-0.2, -0.15) is 9.97 Å². The summed E-state index contributed by atoms with van der Waals surface area (Å²) < 4.78 is 36.9. The molecule has 2 saturated heterocycles. The number of nitrogens with zero attached hydrogens (tertiary/aromatic N) is 8. The number of fused-ring (bicyclic) bond motifs is 4. The number of carbonyl (C=O) groups excluding carboxylic acids is 2. The average Bonchev–Trinajstić information content (AvgIpc) is 3.65. The quantitative estimate of drug-likeness (QED) is 0.0297. The van der Waals surface area contributed by atoms with E-state index in [0.29, 0.717) is 54.8 Å². The molecule has 0 bridgehead atoms. The number of ether oxygens (including phenoxy) is 4. The fourth-order valence-corrected chi connectivity index (χ4v) is 8.97. The highest BCUT2D eigenvalue weighted by molar-refractivity contribution is 7.46. The number of piperidine rings is 2. The molecule has 68 heavy (non-hydrogen) atoms. The van der Waals surface area contributed by atoms with Crippen LogP contribution in [0.2, 0.25) is 0 Å². The van der Waals surface area contributed by atoms with Crippen molar-refractivity contribution in [3.8, 4) is 11.1 Å². The van der Waals surface area contributed by atoms with Gasteiger partial charge in [0.1, 0.15) is 30.9 Å². The van der Waals surface area contributed by atoms with E-state index in [-0.39, 0.29) is 84.2 Å². The molecule has 7 rings (SSSR count). The first-order valence-electron chi connectivity index (χ1n) is 22.7. The van der Waals surface area contributed by atoms with Crippen LogP contribution in [0.3, 0.4) is 0 Å². The smallest absolute Gasteiger partial charge is 0.445 e. The van der Waals surface area contributed by atoms with Crippen molar-refractivity contribution >= 4 is 89.4 Å². The van der Waals surface area contributed by atoms with E-state index >= 15 is 0 Å². The van der Waals surface area contributed by atoms with E-state index in [0.717, 1.165) is 60.8 Å². The molecular weight excluding hydrogens is 968 g/mol. The van der Waals surface area contributed by atoms with Crippen LogP contribution in [0.1, 0.15) is 55.6 Å². The third-order valence-corrected chi connectivity index (χ3v) is 12.5. The van der Waals surface area contributed by atoms with Crippen LogP contribution in [0.25, 0.3) is 22.2 Å². The number of phosphoric acid groups is 1. The summed E-state index contributed by atoms with van der Waals surface area (Å²) in [6.45, 7) is 2.55. The molecule has 3 aliphatic rings. The number of aliphatic hydroxyl groups is 1. The molecule has 2 aromatic heterocycles. The Balaban J connectivity index is 1.15. The lowest BCUT2D eigenvalue weighted by Crippen LogP contribution is -2.37. The van der Waals surface area contributed by atoms with Crippen LogP contribution in [-0.2, 0) is 28.0 Å². The van der Waals surface area contributed by atoms with Crippen molar-refractivity contribution < 1.29 is 52.5 Å². The maximum absolute atomic E-state index is 13.3. The Kier molecular flexibility index (Phi) is 18.4. The predicted molar refractivity (Wildman–Crippen MR) is 258 cm³/mol. The van der Waals surface area contributed by atoms with Crippen molar-refractivity contribution in [1.29, 1.82) is 0 Å². The predicted octanol–water partition coefficient (Wildman–Crippen LogP) is 6.19. The second-order valence-electron chi connectivity index (χ2n) is 16.4. The van der Waals surface area contributed by atoms with Gasteiger partial charge in [-0.3, -0.25) is 4.52 Å². The fraction of sp³-hybridized carbons (Fsp3) is 0.545. The van der Waals surface area contributed by atoms with Gasteiger partial charge in [0.05, 0.1) is 33.0 Å². The van der Waals surface area contributed by atoms with Crippen molar-refractivity contribution in [3.05, 3.63) is 59.7 Å². The number of carbonyl (C=O) groups is 2. The number of aliphatic hydroxyl groups excluding tert-OH is 1. The third-order valence-electron chi connectivity index (χ3n) is 11.7. The lowest BCUT2D eigenvalue weighted by atomic mass is 9.98. The van der Waals surface area contributed by atoms with E-state index < -0.39 is 30.5 Å². The number of alkyl halides is 3. The van der Waals surface area contributed by atoms with Gasteiger partial charge in [-0.05, 0) is 60.8 Å². The van der Waals surface area contributed by atoms with Crippen molar-refractivity contribution in [2.45, 2.75) is 48.2 Å². The molecule has 0 radical (unpaired) electrons. The zero-order chi connectivity index (χ0) is 48.1. The Morgan fingerprint density at radius 2 is 1.24 bits per heavy atom. The molecule has 4 heterocycles. The molecule has 24 heteroatoms. The Morgan fingerprint density at radius 1 is 0.706 bits per heavy atom. The Labute approximate surface area is 409 Å². The first kappa shape index (κ1) is 51.4. The molecule has 0 atom stereocenters. The van der Waals surface area contributed by atoms with Gasteiger partial charge in [-0.1, -0.05) is 83.3 Å². The van der Waals surface area contributed by atoms with Crippen LogP contribution in [-0.4, -0.2) is 156 Å². The largest absolute Gasteiger partial charge is 0.508 e. The van der Waals surface area contributed by atoms with Gasteiger partial charge in [-0.25, -0.2) is 24.1 Å². The molecule has 4 N–H and O–H groups in total. The second-order valence-corrected chi connectivity index (χ2v) is 20.1. The van der Waals surface area contributed by atoms with E-state index in [1.807, 2.05) is 41.3 Å². The molecule has 0 unspecified atom stereocenters. The maximum Gasteiger partial charge on any atom is 0.508 e. The number of phosphoric ester groups is 1. The number of halogens is 3. The Bertz CT molecular complexity index is 2330. The summed E-state index contributed by atoms with van der Waals surface area (Å²) in [5, 5.41) is 12.6. The van der Waals surface area contributed by atoms with Gasteiger partial charge in [0.15, 0.2) is 11.6 Å². The molecule has 0 saturated carbocycles. The Morgan fingerprint density at radius 3 is 1.78 bits per heavy atom.